The summed E-state index contributed by atoms with van der Waals surface area (Å²) < 4.78 is 28.6. The van der Waals surface area contributed by atoms with Crippen LogP contribution in [0.2, 0.25) is 0 Å². The summed E-state index contributed by atoms with van der Waals surface area (Å²) in [5.41, 5.74) is 6.27. The molecule has 0 aromatic carbocycles. The zero-order valence-electron chi connectivity index (χ0n) is 10.7. The normalized spacial score (nSPS) is 13.6. The number of nitrogens with zero attached hydrogens (tertiary/aromatic N) is 3. The third-order valence-corrected chi connectivity index (χ3v) is 4.29. The summed E-state index contributed by atoms with van der Waals surface area (Å²) in [7, 11) is -1.86. The number of nitrogens with two attached hydrogens (primary N) is 1. The largest absolute Gasteiger partial charge is 0.352 e. The zero-order valence-corrected chi connectivity index (χ0v) is 11.5. The van der Waals surface area contributed by atoms with Gasteiger partial charge in [0.05, 0.1) is 10.9 Å². The second-order valence-corrected chi connectivity index (χ2v) is 5.91. The number of nitrogens with one attached hydrogen (secondary N) is 2. The number of H-pyrrole nitrogens is 1. The highest BCUT2D eigenvalue weighted by molar-refractivity contribution is 7.89. The average molecular weight is 284 g/mol. The Kier molecular flexibility index (Phi) is 3.69. The van der Waals surface area contributed by atoms with Crippen LogP contribution in [0.15, 0.2) is 23.5 Å². The summed E-state index contributed by atoms with van der Waals surface area (Å²) >= 11 is 0. The van der Waals surface area contributed by atoms with Gasteiger partial charge < -0.3 is 10.3 Å². The van der Waals surface area contributed by atoms with E-state index in [4.69, 9.17) is 5.73 Å². The van der Waals surface area contributed by atoms with Crippen molar-refractivity contribution in [3.05, 3.63) is 30.1 Å². The molecule has 9 heteroatoms. The predicted molar refractivity (Wildman–Crippen MR) is 68.4 cm³/mol. The molecule has 4 N–H and O–H groups in total. The van der Waals surface area contributed by atoms with Gasteiger partial charge in [-0.05, 0) is 13.0 Å². The quantitative estimate of drug-likeness (QED) is 0.693. The SMILES string of the molecule is CC(NS(=O)(=O)c1cc(CN)n(C)c1)c1ncn[nH]1. The van der Waals surface area contributed by atoms with Crippen LogP contribution in [0.3, 0.4) is 0 Å². The van der Waals surface area contributed by atoms with Crippen LogP contribution in [0, 0.1) is 0 Å². The lowest BCUT2D eigenvalue weighted by atomic mass is 10.3. The average Bonchev–Trinajstić information content (AvgIpc) is 2.96. The molecule has 19 heavy (non-hydrogen) atoms. The minimum absolute atomic E-state index is 0.182. The van der Waals surface area contributed by atoms with E-state index in [0.29, 0.717) is 5.82 Å². The van der Waals surface area contributed by atoms with Crippen molar-refractivity contribution in [3.8, 4) is 0 Å². The van der Waals surface area contributed by atoms with Gasteiger partial charge in [-0.2, -0.15) is 5.10 Å². The third kappa shape index (κ3) is 2.83. The van der Waals surface area contributed by atoms with Gasteiger partial charge in [-0.15, -0.1) is 0 Å². The van der Waals surface area contributed by atoms with Crippen LogP contribution >= 0.6 is 0 Å². The number of hydrogen-bond donors (Lipinski definition) is 3. The number of hydrogen-bond acceptors (Lipinski definition) is 5. The highest BCUT2D eigenvalue weighted by atomic mass is 32.2. The smallest absolute Gasteiger partial charge is 0.242 e. The summed E-state index contributed by atoms with van der Waals surface area (Å²) in [6, 6.07) is 1.06. The number of aryl methyl sites for hydroxylation is 1. The first-order chi connectivity index (χ1) is 8.94. The van der Waals surface area contributed by atoms with E-state index in [1.54, 1.807) is 24.6 Å². The summed E-state index contributed by atoms with van der Waals surface area (Å²) in [6.45, 7) is 1.97. The molecule has 0 aliphatic carbocycles. The van der Waals surface area contributed by atoms with Gasteiger partial charge in [0.15, 0.2) is 0 Å². The molecular weight excluding hydrogens is 268 g/mol. The van der Waals surface area contributed by atoms with Gasteiger partial charge in [0.25, 0.3) is 0 Å². The van der Waals surface area contributed by atoms with Gasteiger partial charge in [-0.1, -0.05) is 0 Å². The van der Waals surface area contributed by atoms with E-state index in [2.05, 4.69) is 19.9 Å². The second kappa shape index (κ2) is 5.11. The summed E-state index contributed by atoms with van der Waals surface area (Å²) in [5.74, 6) is 0.457. The van der Waals surface area contributed by atoms with Gasteiger partial charge in [-0.25, -0.2) is 18.1 Å². The van der Waals surface area contributed by atoms with Crippen molar-refractivity contribution in [1.29, 1.82) is 0 Å². The van der Waals surface area contributed by atoms with E-state index in [1.165, 1.54) is 12.5 Å². The van der Waals surface area contributed by atoms with E-state index in [9.17, 15) is 8.42 Å². The Labute approximate surface area is 111 Å². The second-order valence-electron chi connectivity index (χ2n) is 4.20. The molecule has 2 aromatic rings. The number of sulfonamides is 1. The number of aromatic nitrogens is 4. The molecule has 2 aromatic heterocycles. The molecule has 8 nitrogen and oxygen atoms in total. The fourth-order valence-electron chi connectivity index (χ4n) is 1.71. The van der Waals surface area contributed by atoms with Crippen molar-refractivity contribution in [2.75, 3.05) is 0 Å². The summed E-state index contributed by atoms with van der Waals surface area (Å²) in [6.07, 6.45) is 2.85. The molecule has 0 bridgehead atoms. The minimum atomic E-state index is -3.61. The molecule has 0 aliphatic rings. The highest BCUT2D eigenvalue weighted by Crippen LogP contribution is 2.16. The van der Waals surface area contributed by atoms with Crippen LogP contribution in [0.4, 0.5) is 0 Å². The fraction of sp³-hybridized carbons (Fsp3) is 0.400. The van der Waals surface area contributed by atoms with Crippen molar-refractivity contribution in [2.24, 2.45) is 12.8 Å². The Bertz CT molecular complexity index is 646. The molecule has 0 fully saturated rings. The van der Waals surface area contributed by atoms with E-state index in [-0.39, 0.29) is 11.4 Å². The van der Waals surface area contributed by atoms with Crippen molar-refractivity contribution in [3.63, 3.8) is 0 Å². The maximum atomic E-state index is 12.2. The fourth-order valence-corrected chi connectivity index (χ4v) is 3.01. The molecule has 0 aliphatic heterocycles. The summed E-state index contributed by atoms with van der Waals surface area (Å²) in [4.78, 5) is 4.10. The molecule has 104 valence electrons. The number of aromatic amines is 1. The molecule has 0 spiro atoms. The van der Waals surface area contributed by atoms with E-state index < -0.39 is 16.1 Å². The molecule has 1 atom stereocenters. The molecule has 2 heterocycles. The molecule has 0 radical (unpaired) electrons. The Morgan fingerprint density at radius 3 is 2.84 bits per heavy atom. The van der Waals surface area contributed by atoms with Crippen LogP contribution < -0.4 is 10.5 Å². The van der Waals surface area contributed by atoms with Crippen LogP contribution in [0.5, 0.6) is 0 Å². The lowest BCUT2D eigenvalue weighted by Gasteiger charge is -2.10. The Balaban J connectivity index is 2.22. The first kappa shape index (κ1) is 13.7. The monoisotopic (exact) mass is 284 g/mol. The third-order valence-electron chi connectivity index (χ3n) is 2.78. The zero-order chi connectivity index (χ0) is 14.0. The number of rotatable bonds is 5. The summed E-state index contributed by atoms with van der Waals surface area (Å²) in [5, 5.41) is 6.31. The Morgan fingerprint density at radius 1 is 1.58 bits per heavy atom. The Hall–Kier alpha value is -1.71. The first-order valence-electron chi connectivity index (χ1n) is 5.67. The van der Waals surface area contributed by atoms with E-state index in [0.717, 1.165) is 5.69 Å². The molecule has 0 saturated carbocycles. The van der Waals surface area contributed by atoms with Gasteiger partial charge in [0, 0.05) is 25.5 Å². The van der Waals surface area contributed by atoms with Crippen molar-refractivity contribution < 1.29 is 8.42 Å². The van der Waals surface area contributed by atoms with Crippen LogP contribution in [-0.2, 0) is 23.6 Å². The van der Waals surface area contributed by atoms with E-state index >= 15 is 0 Å². The van der Waals surface area contributed by atoms with Crippen molar-refractivity contribution >= 4 is 10.0 Å². The first-order valence-corrected chi connectivity index (χ1v) is 7.15. The lowest BCUT2D eigenvalue weighted by Crippen LogP contribution is -2.27. The van der Waals surface area contributed by atoms with Gasteiger partial charge >= 0.3 is 0 Å². The van der Waals surface area contributed by atoms with Crippen molar-refractivity contribution in [1.82, 2.24) is 24.5 Å². The Morgan fingerprint density at radius 2 is 2.32 bits per heavy atom. The minimum Gasteiger partial charge on any atom is -0.352 e. The lowest BCUT2D eigenvalue weighted by molar-refractivity contribution is 0.560. The van der Waals surface area contributed by atoms with Gasteiger partial charge in [-0.3, -0.25) is 5.10 Å². The molecule has 2 rings (SSSR count). The molecular formula is C10H16N6O2S. The standard InChI is InChI=1S/C10H16N6O2S/c1-7(10-12-6-13-14-10)15-19(17,18)9-3-8(4-11)16(2)5-9/h3,5-7,15H,4,11H2,1-2H3,(H,12,13,14). The highest BCUT2D eigenvalue weighted by Gasteiger charge is 2.21. The molecule has 0 amide bonds. The predicted octanol–water partition coefficient (Wildman–Crippen LogP) is -0.359. The topological polar surface area (TPSA) is 119 Å². The van der Waals surface area contributed by atoms with E-state index in [1.807, 2.05) is 0 Å². The van der Waals surface area contributed by atoms with Crippen LogP contribution in [-0.4, -0.2) is 28.2 Å². The van der Waals surface area contributed by atoms with Gasteiger partial charge in [0.2, 0.25) is 10.0 Å². The van der Waals surface area contributed by atoms with Crippen LogP contribution in [0.1, 0.15) is 24.5 Å². The maximum absolute atomic E-state index is 12.2. The van der Waals surface area contributed by atoms with Crippen molar-refractivity contribution in [2.45, 2.75) is 24.4 Å². The molecule has 0 saturated heterocycles. The molecule has 1 unspecified atom stereocenters. The van der Waals surface area contributed by atoms with Crippen LogP contribution in [0.25, 0.3) is 0 Å². The maximum Gasteiger partial charge on any atom is 0.242 e. The van der Waals surface area contributed by atoms with Gasteiger partial charge in [0.1, 0.15) is 12.2 Å².